The number of carbonyl (C=O) groups is 7. The van der Waals surface area contributed by atoms with Crippen molar-refractivity contribution in [3.63, 3.8) is 0 Å². The fourth-order valence-corrected chi connectivity index (χ4v) is 8.25. The molecule has 0 unspecified atom stereocenters. The van der Waals surface area contributed by atoms with Crippen LogP contribution < -0.4 is 32.3 Å². The van der Waals surface area contributed by atoms with Gasteiger partial charge in [-0.05, 0) is 169 Å². The Hall–Kier alpha value is -5.10. The van der Waals surface area contributed by atoms with Crippen LogP contribution in [0.15, 0.2) is 66.7 Å². The molecule has 4 rings (SSSR count). The van der Waals surface area contributed by atoms with Crippen molar-refractivity contribution in [1.82, 2.24) is 26.6 Å². The van der Waals surface area contributed by atoms with Gasteiger partial charge in [-0.25, -0.2) is 9.59 Å². The molecule has 0 aromatic heterocycles. The largest absolute Gasteiger partial charge is 0.460 e. The second-order valence-corrected chi connectivity index (χ2v) is 20.9. The first-order valence-electron chi connectivity index (χ1n) is 23.4. The molecular weight excluding hydrogens is 967 g/mol. The number of rotatable bonds is 22. The lowest BCUT2D eigenvalue weighted by Crippen LogP contribution is -2.52. The Morgan fingerprint density at radius 2 is 1.31 bits per heavy atom. The lowest BCUT2D eigenvalue weighted by molar-refractivity contribution is -0.158. The number of Topliss-reactive ketones (excluding diaryl/α,β-unsaturated/α-hetero) is 1. The molecule has 4 atom stereocenters. The maximum atomic E-state index is 13.8. The first-order chi connectivity index (χ1) is 31.5. The van der Waals surface area contributed by atoms with E-state index >= 15 is 0 Å². The highest BCUT2D eigenvalue weighted by atomic mass is 127. The fourth-order valence-electron chi connectivity index (χ4n) is 7.89. The Morgan fingerprint density at radius 3 is 1.96 bits per heavy atom. The molecule has 0 saturated heterocycles. The van der Waals surface area contributed by atoms with Gasteiger partial charge in [-0.1, -0.05) is 54.6 Å². The summed E-state index contributed by atoms with van der Waals surface area (Å²) >= 11 is 2.24. The zero-order valence-corrected chi connectivity index (χ0v) is 42.3. The summed E-state index contributed by atoms with van der Waals surface area (Å²) < 4.78 is 12.0. The van der Waals surface area contributed by atoms with Gasteiger partial charge in [0.05, 0.1) is 12.1 Å². The van der Waals surface area contributed by atoms with Crippen LogP contribution in [0, 0.1) is 15.4 Å². The molecule has 16 heteroatoms. The number of carbonyl (C=O) groups excluding carboxylic acids is 7. The molecule has 5 amide bonds. The van der Waals surface area contributed by atoms with Crippen molar-refractivity contribution in [3.8, 4) is 0 Å². The number of hydrogen-bond donors (Lipinski definition) is 6. The molecule has 3 aromatic carbocycles. The van der Waals surface area contributed by atoms with E-state index in [1.807, 2.05) is 66.7 Å². The first kappa shape index (κ1) is 54.5. The number of fused-ring (bicyclic) bond motifs is 1. The van der Waals surface area contributed by atoms with E-state index in [4.69, 9.17) is 15.2 Å². The number of amides is 5. The van der Waals surface area contributed by atoms with E-state index in [1.165, 1.54) is 6.92 Å². The van der Waals surface area contributed by atoms with E-state index < -0.39 is 53.3 Å². The van der Waals surface area contributed by atoms with Crippen molar-refractivity contribution in [2.75, 3.05) is 13.1 Å². The topological polar surface area (TPSA) is 224 Å². The van der Waals surface area contributed by atoms with Crippen molar-refractivity contribution in [3.05, 3.63) is 81.4 Å². The van der Waals surface area contributed by atoms with Crippen LogP contribution in [-0.4, -0.2) is 89.9 Å². The van der Waals surface area contributed by atoms with Crippen LogP contribution in [0.5, 0.6) is 0 Å². The van der Waals surface area contributed by atoms with Crippen LogP contribution in [-0.2, 0) is 51.1 Å². The quantitative estimate of drug-likeness (QED) is 0.0372. The van der Waals surface area contributed by atoms with Gasteiger partial charge in [0.25, 0.3) is 0 Å². The van der Waals surface area contributed by atoms with Crippen LogP contribution in [0.2, 0.25) is 0 Å². The smallest absolute Gasteiger partial charge is 0.329 e. The number of halogens is 1. The van der Waals surface area contributed by atoms with E-state index in [0.29, 0.717) is 38.6 Å². The van der Waals surface area contributed by atoms with E-state index in [1.54, 1.807) is 41.5 Å². The highest BCUT2D eigenvalue weighted by Crippen LogP contribution is 2.29. The Morgan fingerprint density at radius 1 is 0.687 bits per heavy atom. The molecule has 366 valence electrons. The number of unbranched alkanes of at least 4 members (excludes halogenated alkanes) is 1. The zero-order chi connectivity index (χ0) is 49.3. The van der Waals surface area contributed by atoms with Gasteiger partial charge in [0.15, 0.2) is 5.78 Å². The Bertz CT molecular complexity index is 2160. The summed E-state index contributed by atoms with van der Waals surface area (Å²) in [5, 5.41) is 16.3. The summed E-state index contributed by atoms with van der Waals surface area (Å²) in [6, 6.07) is 17.5. The summed E-state index contributed by atoms with van der Waals surface area (Å²) in [4.78, 5) is 91.5. The number of ketones is 1. The monoisotopic (exact) mass is 1040 g/mol. The second kappa shape index (κ2) is 25.9. The summed E-state index contributed by atoms with van der Waals surface area (Å²) in [6.45, 7) is 12.4. The molecule has 0 spiro atoms. The maximum absolute atomic E-state index is 13.8. The number of nitrogens with one attached hydrogen (secondary N) is 5. The summed E-state index contributed by atoms with van der Waals surface area (Å²) in [5.74, 6) is -2.33. The third-order valence-corrected chi connectivity index (χ3v) is 12.2. The first-order valence-corrected chi connectivity index (χ1v) is 24.5. The molecular formula is C51H71IN6O9. The van der Waals surface area contributed by atoms with Crippen molar-refractivity contribution >= 4 is 74.8 Å². The molecule has 0 aliphatic heterocycles. The SMILES string of the molecule is CC(=O)[C@H](CCCCNC(=O)[C@H](Cc1ccc2ccccc2c1)NC(=O)[C@H]1CC[C@H](CNC(=O)[C@@H](N)Cc2ccc(I)cc2)CC1)NC(=O)N[C@@H](CCC(=O)OC(C)(C)C)C(=O)OC(C)(C)C. The molecule has 15 nitrogen and oxygen atoms in total. The predicted molar refractivity (Wildman–Crippen MR) is 267 cm³/mol. The summed E-state index contributed by atoms with van der Waals surface area (Å²) in [6.07, 6.45) is 4.46. The molecule has 7 N–H and O–H groups in total. The van der Waals surface area contributed by atoms with Crippen molar-refractivity contribution in [2.24, 2.45) is 17.6 Å². The average molecular weight is 1040 g/mol. The minimum atomic E-state index is -1.17. The zero-order valence-electron chi connectivity index (χ0n) is 40.1. The van der Waals surface area contributed by atoms with E-state index in [-0.39, 0.29) is 67.6 Å². The van der Waals surface area contributed by atoms with Gasteiger partial charge in [0, 0.05) is 35.4 Å². The number of nitrogens with two attached hydrogens (primary N) is 1. The molecule has 0 heterocycles. The third kappa shape index (κ3) is 20.0. The molecule has 1 aliphatic carbocycles. The number of ether oxygens (including phenoxy) is 2. The van der Waals surface area contributed by atoms with Crippen LogP contribution >= 0.6 is 22.6 Å². The fraction of sp³-hybridized carbons (Fsp3) is 0.549. The van der Waals surface area contributed by atoms with Crippen LogP contribution in [0.1, 0.15) is 117 Å². The van der Waals surface area contributed by atoms with Gasteiger partial charge in [-0.2, -0.15) is 0 Å². The minimum absolute atomic E-state index is 0.0716. The van der Waals surface area contributed by atoms with Gasteiger partial charge < -0.3 is 41.8 Å². The molecule has 0 radical (unpaired) electrons. The summed E-state index contributed by atoms with van der Waals surface area (Å²) in [5.41, 5.74) is 6.54. The van der Waals surface area contributed by atoms with Gasteiger partial charge in [-0.15, -0.1) is 0 Å². The lowest BCUT2D eigenvalue weighted by atomic mass is 9.81. The number of urea groups is 1. The second-order valence-electron chi connectivity index (χ2n) is 19.6. The number of esters is 2. The van der Waals surface area contributed by atoms with Gasteiger partial charge in [-0.3, -0.25) is 24.0 Å². The predicted octanol–water partition coefficient (Wildman–Crippen LogP) is 6.34. The average Bonchev–Trinajstić information content (AvgIpc) is 3.25. The minimum Gasteiger partial charge on any atom is -0.460 e. The number of hydrogen-bond acceptors (Lipinski definition) is 10. The van der Waals surface area contributed by atoms with Gasteiger partial charge in [0.1, 0.15) is 23.3 Å². The highest BCUT2D eigenvalue weighted by Gasteiger charge is 2.32. The van der Waals surface area contributed by atoms with Gasteiger partial charge >= 0.3 is 18.0 Å². The third-order valence-electron chi connectivity index (χ3n) is 11.4. The lowest BCUT2D eigenvalue weighted by Gasteiger charge is -2.29. The Labute approximate surface area is 409 Å². The molecule has 1 saturated carbocycles. The van der Waals surface area contributed by atoms with E-state index in [0.717, 1.165) is 38.3 Å². The standard InChI is InChI=1S/C51H71IN6O9/c1-32(59)41(57-49(65)58-42(48(64)67-51(5,6)7)25-26-44(60)66-50(2,3)4)14-10-11-27-54-47(63)43(30-35-17-20-36-12-8-9-13-38(36)28-35)56-45(61)37-21-15-34(16-22-37)31-55-46(62)40(53)29-33-18-23-39(52)24-19-33/h8-9,12-13,17-20,23-24,28,34,37,40-43H,10-11,14-16,21-22,25-27,29-31,53H2,1-7H3,(H,54,63)(H,55,62)(H,56,61)(H2,57,58,65)/t34-,37-,40-,41-,42-,43-/m0/s1. The number of benzene rings is 3. The van der Waals surface area contributed by atoms with Gasteiger partial charge in [0.2, 0.25) is 17.7 Å². The maximum Gasteiger partial charge on any atom is 0.329 e. The highest BCUT2D eigenvalue weighted by molar-refractivity contribution is 14.1. The van der Waals surface area contributed by atoms with E-state index in [2.05, 4.69) is 49.2 Å². The van der Waals surface area contributed by atoms with Crippen molar-refractivity contribution < 1.29 is 43.0 Å². The summed E-state index contributed by atoms with van der Waals surface area (Å²) in [7, 11) is 0. The Balaban J connectivity index is 1.29. The molecule has 67 heavy (non-hydrogen) atoms. The molecule has 0 bridgehead atoms. The van der Waals surface area contributed by atoms with Crippen LogP contribution in [0.4, 0.5) is 4.79 Å². The van der Waals surface area contributed by atoms with Crippen LogP contribution in [0.3, 0.4) is 0 Å². The molecule has 1 aliphatic rings. The molecule has 3 aromatic rings. The Kier molecular flexibility index (Phi) is 21.0. The normalized spacial score (nSPS) is 16.9. The molecule has 1 fully saturated rings. The van der Waals surface area contributed by atoms with Crippen LogP contribution in [0.25, 0.3) is 10.8 Å². The van der Waals surface area contributed by atoms with Crippen molar-refractivity contribution in [1.29, 1.82) is 0 Å². The van der Waals surface area contributed by atoms with Crippen molar-refractivity contribution in [2.45, 2.75) is 154 Å². The van der Waals surface area contributed by atoms with E-state index in [9.17, 15) is 33.6 Å².